The normalized spacial score (nSPS) is 9.39. The number of carbonyl (C=O) groups excluding carboxylic acids is 2. The van der Waals surface area contributed by atoms with Crippen LogP contribution in [0.15, 0.2) is 24.3 Å². The van der Waals surface area contributed by atoms with Gasteiger partial charge in [-0.05, 0) is 6.07 Å². The Morgan fingerprint density at radius 1 is 1.44 bits per heavy atom. The van der Waals surface area contributed by atoms with Crippen LogP contribution in [-0.2, 0) is 9.53 Å². The molecule has 0 aliphatic heterocycles. The number of hydrogen-bond acceptors (Lipinski definition) is 6. The quantitative estimate of drug-likeness (QED) is 0.609. The van der Waals surface area contributed by atoms with Gasteiger partial charge in [-0.25, -0.2) is 4.79 Å². The number of nitrogens with zero attached hydrogens (tertiary/aromatic N) is 1. The molecule has 0 fully saturated rings. The van der Waals surface area contributed by atoms with Gasteiger partial charge in [0, 0.05) is 17.8 Å². The molecular formula is C10H11N3O5. The molecule has 0 radical (unpaired) electrons. The zero-order valence-corrected chi connectivity index (χ0v) is 9.50. The minimum Gasteiger partial charge on any atom is -0.453 e. The summed E-state index contributed by atoms with van der Waals surface area (Å²) < 4.78 is 4.24. The molecule has 0 aliphatic rings. The number of hydrogen-bond donors (Lipinski definition) is 2. The van der Waals surface area contributed by atoms with Crippen molar-refractivity contribution in [3.05, 3.63) is 34.4 Å². The van der Waals surface area contributed by atoms with Gasteiger partial charge in [0.05, 0.1) is 18.6 Å². The molecule has 0 saturated carbocycles. The van der Waals surface area contributed by atoms with E-state index in [1.54, 1.807) is 6.07 Å². The number of nitro groups is 1. The molecule has 0 aliphatic carbocycles. The Kier molecular flexibility index (Phi) is 4.61. The number of rotatable bonds is 4. The van der Waals surface area contributed by atoms with Gasteiger partial charge in [-0.3, -0.25) is 20.2 Å². The van der Waals surface area contributed by atoms with Crippen molar-refractivity contribution in [1.29, 1.82) is 0 Å². The van der Waals surface area contributed by atoms with Crippen LogP contribution < -0.4 is 10.6 Å². The number of amides is 2. The first-order valence-electron chi connectivity index (χ1n) is 4.89. The minimum absolute atomic E-state index is 0.0895. The summed E-state index contributed by atoms with van der Waals surface area (Å²) in [5, 5.41) is 15.1. The molecule has 96 valence electrons. The zero-order chi connectivity index (χ0) is 13.5. The van der Waals surface area contributed by atoms with E-state index in [0.29, 0.717) is 5.69 Å². The molecule has 2 N–H and O–H groups in total. The lowest BCUT2D eigenvalue weighted by molar-refractivity contribution is -0.384. The van der Waals surface area contributed by atoms with Crippen molar-refractivity contribution in [2.24, 2.45) is 0 Å². The number of benzene rings is 1. The third-order valence-corrected chi connectivity index (χ3v) is 1.94. The average Bonchev–Trinajstić information content (AvgIpc) is 2.36. The Morgan fingerprint density at radius 2 is 2.17 bits per heavy atom. The number of anilines is 1. The third kappa shape index (κ3) is 4.08. The number of carbonyl (C=O) groups is 2. The summed E-state index contributed by atoms with van der Waals surface area (Å²) >= 11 is 0. The molecule has 0 spiro atoms. The molecule has 8 heteroatoms. The second kappa shape index (κ2) is 6.18. The summed E-state index contributed by atoms with van der Waals surface area (Å²) in [4.78, 5) is 31.9. The lowest BCUT2D eigenvalue weighted by atomic mass is 10.3. The van der Waals surface area contributed by atoms with Gasteiger partial charge in [-0.15, -0.1) is 0 Å². The molecule has 18 heavy (non-hydrogen) atoms. The first kappa shape index (κ1) is 13.4. The van der Waals surface area contributed by atoms with E-state index in [1.807, 2.05) is 5.32 Å². The Labute approximate surface area is 102 Å². The fourth-order valence-corrected chi connectivity index (χ4v) is 1.12. The van der Waals surface area contributed by atoms with Crippen molar-refractivity contribution < 1.29 is 19.2 Å². The van der Waals surface area contributed by atoms with Crippen molar-refractivity contribution in [2.45, 2.75) is 0 Å². The van der Waals surface area contributed by atoms with Gasteiger partial charge in [-0.2, -0.15) is 0 Å². The summed E-state index contributed by atoms with van der Waals surface area (Å²) in [5.74, 6) is -0.603. The molecule has 1 aromatic carbocycles. The SMILES string of the molecule is COC(=O)NC(=O)CNc1cccc([N+](=O)[O-])c1. The summed E-state index contributed by atoms with van der Waals surface area (Å²) in [7, 11) is 1.14. The number of nitro benzene ring substituents is 1. The second-order valence-electron chi connectivity index (χ2n) is 3.20. The predicted molar refractivity (Wildman–Crippen MR) is 62.1 cm³/mol. The molecular weight excluding hydrogens is 242 g/mol. The summed E-state index contributed by atoms with van der Waals surface area (Å²) in [6, 6.07) is 5.67. The number of non-ortho nitro benzene ring substituents is 1. The van der Waals surface area contributed by atoms with Crippen LogP contribution >= 0.6 is 0 Å². The first-order valence-corrected chi connectivity index (χ1v) is 4.89. The van der Waals surface area contributed by atoms with Gasteiger partial charge in [-0.1, -0.05) is 6.07 Å². The standard InChI is InChI=1S/C10H11N3O5/c1-18-10(15)12-9(14)6-11-7-3-2-4-8(5-7)13(16)17/h2-5,11H,6H2,1H3,(H,12,14,15). The Balaban J connectivity index is 2.53. The molecule has 8 nitrogen and oxygen atoms in total. The molecule has 0 heterocycles. The third-order valence-electron chi connectivity index (χ3n) is 1.94. The molecule has 0 saturated heterocycles. The van der Waals surface area contributed by atoms with Crippen LogP contribution in [0.1, 0.15) is 0 Å². The van der Waals surface area contributed by atoms with Gasteiger partial charge in [0.1, 0.15) is 0 Å². The van der Waals surface area contributed by atoms with Gasteiger partial charge < -0.3 is 10.1 Å². The maximum absolute atomic E-state index is 11.2. The Morgan fingerprint density at radius 3 is 2.78 bits per heavy atom. The predicted octanol–water partition coefficient (Wildman–Crippen LogP) is 0.889. The van der Waals surface area contributed by atoms with Crippen LogP contribution in [0.2, 0.25) is 0 Å². The summed E-state index contributed by atoms with van der Waals surface area (Å²) in [5.41, 5.74) is 0.317. The number of methoxy groups -OCH3 is 1. The van der Waals surface area contributed by atoms with Gasteiger partial charge >= 0.3 is 6.09 Å². The van der Waals surface area contributed by atoms with Crippen molar-refractivity contribution in [3.8, 4) is 0 Å². The number of nitrogens with one attached hydrogen (secondary N) is 2. The monoisotopic (exact) mass is 253 g/mol. The number of ether oxygens (including phenoxy) is 1. The molecule has 2 amide bonds. The van der Waals surface area contributed by atoms with E-state index >= 15 is 0 Å². The molecule has 0 bridgehead atoms. The van der Waals surface area contributed by atoms with Crippen LogP contribution in [0.4, 0.5) is 16.2 Å². The Bertz CT molecular complexity index is 474. The van der Waals surface area contributed by atoms with E-state index in [0.717, 1.165) is 7.11 Å². The highest BCUT2D eigenvalue weighted by Gasteiger charge is 2.08. The lowest BCUT2D eigenvalue weighted by Crippen LogP contribution is -2.34. The fraction of sp³-hybridized carbons (Fsp3) is 0.200. The highest BCUT2D eigenvalue weighted by Crippen LogP contribution is 2.16. The molecule has 0 unspecified atom stereocenters. The fourth-order valence-electron chi connectivity index (χ4n) is 1.12. The highest BCUT2D eigenvalue weighted by molar-refractivity contribution is 5.93. The van der Waals surface area contributed by atoms with E-state index < -0.39 is 16.9 Å². The van der Waals surface area contributed by atoms with E-state index in [9.17, 15) is 19.7 Å². The van der Waals surface area contributed by atoms with Crippen molar-refractivity contribution in [3.63, 3.8) is 0 Å². The van der Waals surface area contributed by atoms with Crippen molar-refractivity contribution >= 4 is 23.4 Å². The van der Waals surface area contributed by atoms with Crippen LogP contribution in [0.5, 0.6) is 0 Å². The van der Waals surface area contributed by atoms with Crippen LogP contribution in [0.3, 0.4) is 0 Å². The topological polar surface area (TPSA) is 111 Å². The molecule has 1 aromatic rings. The van der Waals surface area contributed by atoms with E-state index in [4.69, 9.17) is 0 Å². The number of alkyl carbamates (subject to hydrolysis) is 1. The maximum atomic E-state index is 11.2. The van der Waals surface area contributed by atoms with Crippen molar-refractivity contribution in [1.82, 2.24) is 5.32 Å². The van der Waals surface area contributed by atoms with E-state index in [2.05, 4.69) is 10.1 Å². The average molecular weight is 253 g/mol. The molecule has 0 atom stereocenters. The lowest BCUT2D eigenvalue weighted by Gasteiger charge is -2.05. The van der Waals surface area contributed by atoms with Gasteiger partial charge in [0.2, 0.25) is 5.91 Å². The van der Waals surface area contributed by atoms with Gasteiger partial charge in [0.25, 0.3) is 5.69 Å². The molecule has 0 aromatic heterocycles. The van der Waals surface area contributed by atoms with Crippen LogP contribution in [0.25, 0.3) is 0 Å². The van der Waals surface area contributed by atoms with Gasteiger partial charge in [0.15, 0.2) is 0 Å². The summed E-state index contributed by atoms with van der Waals surface area (Å²) in [6.07, 6.45) is -0.860. The maximum Gasteiger partial charge on any atom is 0.413 e. The highest BCUT2D eigenvalue weighted by atomic mass is 16.6. The summed E-state index contributed by atoms with van der Waals surface area (Å²) in [6.45, 7) is -0.198. The molecule has 1 rings (SSSR count). The zero-order valence-electron chi connectivity index (χ0n) is 9.50. The smallest absolute Gasteiger partial charge is 0.413 e. The van der Waals surface area contributed by atoms with E-state index in [1.165, 1.54) is 18.2 Å². The second-order valence-corrected chi connectivity index (χ2v) is 3.20. The van der Waals surface area contributed by atoms with Crippen LogP contribution in [0, 0.1) is 10.1 Å². The van der Waals surface area contributed by atoms with Crippen molar-refractivity contribution in [2.75, 3.05) is 19.0 Å². The first-order chi connectivity index (χ1) is 8.52. The number of imide groups is 1. The minimum atomic E-state index is -0.860. The largest absolute Gasteiger partial charge is 0.453 e. The van der Waals surface area contributed by atoms with Crippen LogP contribution in [-0.4, -0.2) is 30.6 Å². The Hall–Kier alpha value is -2.64. The van der Waals surface area contributed by atoms with E-state index in [-0.39, 0.29) is 12.2 Å².